The number of hydrogen-bond donors (Lipinski definition) is 0. The van der Waals surface area contributed by atoms with Gasteiger partial charge in [0.15, 0.2) is 5.78 Å². The minimum absolute atomic E-state index is 0.00637. The highest BCUT2D eigenvalue weighted by molar-refractivity contribution is 7.86. The van der Waals surface area contributed by atoms with E-state index in [-0.39, 0.29) is 17.4 Å². The molecule has 1 aliphatic heterocycles. The Morgan fingerprint density at radius 2 is 2.15 bits per heavy atom. The lowest BCUT2D eigenvalue weighted by molar-refractivity contribution is -0.116. The maximum atomic E-state index is 12.1. The van der Waals surface area contributed by atoms with Crippen LogP contribution in [0.3, 0.4) is 0 Å². The fourth-order valence-corrected chi connectivity index (χ4v) is 3.30. The van der Waals surface area contributed by atoms with Crippen LogP contribution in [-0.4, -0.2) is 28.2 Å². The molecular formula is C15H17NO3S. The third-order valence-corrected chi connectivity index (χ3v) is 4.47. The first-order valence-corrected chi connectivity index (χ1v) is 7.76. The summed E-state index contributed by atoms with van der Waals surface area (Å²) < 4.78 is 12.0. The summed E-state index contributed by atoms with van der Waals surface area (Å²) in [5.41, 5.74) is 1.95. The van der Waals surface area contributed by atoms with Crippen LogP contribution < -0.4 is 4.90 Å². The standard InChI is InChI=1S/C15H17NO3S/c1-4-13(17)11-5-6-14-12(7-11)16(8-10(2)3)15(18)9-20(14)19/h5-7H,2,4,8-9H2,1,3H3. The number of fused-ring (bicyclic) bond motifs is 1. The monoisotopic (exact) mass is 291 g/mol. The number of Topliss-reactive ketones (excluding diaryl/α,β-unsaturated/α-hetero) is 1. The molecule has 0 saturated carbocycles. The highest BCUT2D eigenvalue weighted by atomic mass is 32.2. The van der Waals surface area contributed by atoms with Crippen LogP contribution in [0.25, 0.3) is 0 Å². The summed E-state index contributed by atoms with van der Waals surface area (Å²) in [6.45, 7) is 7.82. The fourth-order valence-electron chi connectivity index (χ4n) is 2.14. The number of hydrogen-bond acceptors (Lipinski definition) is 3. The second kappa shape index (κ2) is 5.71. The van der Waals surface area contributed by atoms with Crippen molar-refractivity contribution in [3.63, 3.8) is 0 Å². The van der Waals surface area contributed by atoms with Gasteiger partial charge in [-0.05, 0) is 19.1 Å². The average molecular weight is 291 g/mol. The quantitative estimate of drug-likeness (QED) is 0.632. The van der Waals surface area contributed by atoms with E-state index in [1.165, 1.54) is 0 Å². The predicted molar refractivity (Wildman–Crippen MR) is 79.5 cm³/mol. The van der Waals surface area contributed by atoms with Gasteiger partial charge in [0.2, 0.25) is 5.91 Å². The van der Waals surface area contributed by atoms with Crippen LogP contribution in [0.2, 0.25) is 0 Å². The van der Waals surface area contributed by atoms with E-state index in [9.17, 15) is 13.8 Å². The second-order valence-electron chi connectivity index (χ2n) is 4.89. The maximum Gasteiger partial charge on any atom is 0.240 e. The lowest BCUT2D eigenvalue weighted by Gasteiger charge is -2.29. The minimum Gasteiger partial charge on any atom is -0.306 e. The number of carbonyl (C=O) groups excluding carboxylic acids is 2. The zero-order valence-electron chi connectivity index (χ0n) is 11.6. The van der Waals surface area contributed by atoms with E-state index in [4.69, 9.17) is 0 Å². The van der Waals surface area contributed by atoms with E-state index in [1.54, 1.807) is 30.0 Å². The first kappa shape index (κ1) is 14.7. The Kier molecular flexibility index (Phi) is 4.18. The molecule has 0 radical (unpaired) electrons. The van der Waals surface area contributed by atoms with Gasteiger partial charge in [0.05, 0.1) is 21.4 Å². The van der Waals surface area contributed by atoms with Gasteiger partial charge in [0.25, 0.3) is 0 Å². The van der Waals surface area contributed by atoms with Crippen LogP contribution in [0.15, 0.2) is 35.2 Å². The van der Waals surface area contributed by atoms with E-state index in [0.29, 0.717) is 29.1 Å². The molecule has 0 aliphatic carbocycles. The number of rotatable bonds is 4. The molecule has 0 saturated heterocycles. The van der Waals surface area contributed by atoms with Crippen LogP contribution in [0, 0.1) is 0 Å². The molecule has 20 heavy (non-hydrogen) atoms. The van der Waals surface area contributed by atoms with Gasteiger partial charge in [0.1, 0.15) is 5.75 Å². The lowest BCUT2D eigenvalue weighted by atomic mass is 10.1. The van der Waals surface area contributed by atoms with Crippen molar-refractivity contribution in [3.8, 4) is 0 Å². The van der Waals surface area contributed by atoms with Crippen molar-refractivity contribution in [2.24, 2.45) is 0 Å². The molecule has 1 amide bonds. The van der Waals surface area contributed by atoms with Gasteiger partial charge in [-0.3, -0.25) is 13.8 Å². The summed E-state index contributed by atoms with van der Waals surface area (Å²) in [5.74, 6) is -0.201. The highest BCUT2D eigenvalue weighted by Crippen LogP contribution is 2.30. The van der Waals surface area contributed by atoms with Crippen molar-refractivity contribution in [1.82, 2.24) is 0 Å². The molecule has 1 aromatic carbocycles. The first-order valence-electron chi connectivity index (χ1n) is 6.44. The molecule has 0 N–H and O–H groups in total. The SMILES string of the molecule is C=C(C)CN1C(=O)CS(=O)c2ccc(C(=O)CC)cc21. The largest absolute Gasteiger partial charge is 0.306 e. The van der Waals surface area contributed by atoms with Gasteiger partial charge in [-0.25, -0.2) is 0 Å². The molecule has 0 aromatic heterocycles. The molecule has 5 heteroatoms. The van der Waals surface area contributed by atoms with Crippen molar-refractivity contribution in [1.29, 1.82) is 0 Å². The summed E-state index contributed by atoms with van der Waals surface area (Å²) in [6.07, 6.45) is 0.399. The normalized spacial score (nSPS) is 17.8. The average Bonchev–Trinajstić information content (AvgIpc) is 2.41. The maximum absolute atomic E-state index is 12.1. The molecular weight excluding hydrogens is 274 g/mol. The zero-order chi connectivity index (χ0) is 14.9. The minimum atomic E-state index is -1.34. The third-order valence-electron chi connectivity index (χ3n) is 3.12. The van der Waals surface area contributed by atoms with E-state index in [2.05, 4.69) is 6.58 Å². The van der Waals surface area contributed by atoms with E-state index in [0.717, 1.165) is 5.57 Å². The molecule has 1 atom stereocenters. The Bertz CT molecular complexity index is 622. The Hall–Kier alpha value is -1.75. The van der Waals surface area contributed by atoms with Crippen LogP contribution in [0.1, 0.15) is 30.6 Å². The van der Waals surface area contributed by atoms with Gasteiger partial charge in [-0.1, -0.05) is 25.1 Å². The van der Waals surface area contributed by atoms with Gasteiger partial charge < -0.3 is 4.90 Å². The number of carbonyl (C=O) groups is 2. The molecule has 2 rings (SSSR count). The number of ketones is 1. The second-order valence-corrected chi connectivity index (χ2v) is 6.31. The number of nitrogens with zero attached hydrogens (tertiary/aromatic N) is 1. The van der Waals surface area contributed by atoms with Gasteiger partial charge in [0, 0.05) is 18.5 Å². The summed E-state index contributed by atoms with van der Waals surface area (Å²) in [7, 11) is -1.34. The number of benzene rings is 1. The first-order chi connectivity index (χ1) is 9.43. The Balaban J connectivity index is 2.53. The topological polar surface area (TPSA) is 54.5 Å². The van der Waals surface area contributed by atoms with E-state index < -0.39 is 10.8 Å². The van der Waals surface area contributed by atoms with Crippen LogP contribution in [0.4, 0.5) is 5.69 Å². The molecule has 0 spiro atoms. The summed E-state index contributed by atoms with van der Waals surface area (Å²) in [5, 5.41) is 0. The Labute approximate surface area is 120 Å². The van der Waals surface area contributed by atoms with Crippen LogP contribution in [0.5, 0.6) is 0 Å². The smallest absolute Gasteiger partial charge is 0.240 e. The highest BCUT2D eigenvalue weighted by Gasteiger charge is 2.29. The molecule has 1 heterocycles. The molecule has 1 aromatic rings. The molecule has 1 unspecified atom stereocenters. The van der Waals surface area contributed by atoms with E-state index >= 15 is 0 Å². The fraction of sp³-hybridized carbons (Fsp3) is 0.333. The van der Waals surface area contributed by atoms with Crippen LogP contribution >= 0.6 is 0 Å². The Morgan fingerprint density at radius 3 is 2.75 bits per heavy atom. The summed E-state index contributed by atoms with van der Waals surface area (Å²) in [6, 6.07) is 5.03. The Morgan fingerprint density at radius 1 is 1.45 bits per heavy atom. The van der Waals surface area contributed by atoms with Crippen molar-refractivity contribution >= 4 is 28.2 Å². The van der Waals surface area contributed by atoms with Gasteiger partial charge in [-0.2, -0.15) is 0 Å². The summed E-state index contributed by atoms with van der Waals surface area (Å²) in [4.78, 5) is 26.0. The third kappa shape index (κ3) is 2.72. The zero-order valence-corrected chi connectivity index (χ0v) is 12.5. The van der Waals surface area contributed by atoms with Crippen molar-refractivity contribution in [2.75, 3.05) is 17.2 Å². The van der Waals surface area contributed by atoms with Gasteiger partial charge >= 0.3 is 0 Å². The van der Waals surface area contributed by atoms with Crippen molar-refractivity contribution in [3.05, 3.63) is 35.9 Å². The van der Waals surface area contributed by atoms with Crippen molar-refractivity contribution < 1.29 is 13.8 Å². The van der Waals surface area contributed by atoms with E-state index in [1.807, 2.05) is 6.92 Å². The lowest BCUT2D eigenvalue weighted by Crippen LogP contribution is -2.40. The number of amides is 1. The molecule has 1 aliphatic rings. The van der Waals surface area contributed by atoms with Crippen molar-refractivity contribution in [2.45, 2.75) is 25.2 Å². The summed E-state index contributed by atoms with van der Waals surface area (Å²) >= 11 is 0. The van der Waals surface area contributed by atoms with Crippen LogP contribution in [-0.2, 0) is 15.6 Å². The molecule has 106 valence electrons. The predicted octanol–water partition coefficient (Wildman–Crippen LogP) is 2.31. The molecule has 0 fully saturated rings. The number of anilines is 1. The molecule has 4 nitrogen and oxygen atoms in total. The van der Waals surface area contributed by atoms with Gasteiger partial charge in [-0.15, -0.1) is 0 Å². The molecule has 0 bridgehead atoms.